The number of rotatable bonds is 8. The molecule has 178 valence electrons. The van der Waals surface area contributed by atoms with Crippen molar-refractivity contribution in [3.05, 3.63) is 69.8 Å². The summed E-state index contributed by atoms with van der Waals surface area (Å²) < 4.78 is 31.8. The summed E-state index contributed by atoms with van der Waals surface area (Å²) in [6.07, 6.45) is 2.44. The molecule has 2 aromatic rings. The van der Waals surface area contributed by atoms with Crippen LogP contribution < -0.4 is 9.62 Å². The molecular weight excluding hydrogens is 446 g/mol. The van der Waals surface area contributed by atoms with Crippen LogP contribution in [0.1, 0.15) is 30.9 Å². The van der Waals surface area contributed by atoms with Crippen LogP contribution in [0.4, 0.5) is 11.4 Å². The van der Waals surface area contributed by atoms with Gasteiger partial charge in [-0.15, -0.1) is 0 Å². The molecule has 3 rings (SSSR count). The Labute approximate surface area is 193 Å². The van der Waals surface area contributed by atoms with Crippen LogP contribution in [0.25, 0.3) is 0 Å². The van der Waals surface area contributed by atoms with Crippen molar-refractivity contribution < 1.29 is 22.9 Å². The van der Waals surface area contributed by atoms with Crippen molar-refractivity contribution in [1.82, 2.24) is 5.32 Å². The average molecular weight is 476 g/mol. The first kappa shape index (κ1) is 24.7. The van der Waals surface area contributed by atoms with Crippen molar-refractivity contribution in [2.24, 2.45) is 0 Å². The van der Waals surface area contributed by atoms with E-state index in [2.05, 4.69) is 5.32 Å². The Balaban J connectivity index is 1.87. The van der Waals surface area contributed by atoms with Crippen LogP contribution in [0.5, 0.6) is 0 Å². The van der Waals surface area contributed by atoms with E-state index >= 15 is 0 Å². The number of anilines is 1. The molecule has 1 aliphatic heterocycles. The average Bonchev–Trinajstić information content (AvgIpc) is 2.79. The highest BCUT2D eigenvalue weighted by Gasteiger charge is 2.37. The minimum atomic E-state index is -3.91. The molecule has 0 unspecified atom stereocenters. The van der Waals surface area contributed by atoms with Crippen molar-refractivity contribution in [2.75, 3.05) is 30.3 Å². The number of sulfonamides is 1. The van der Waals surface area contributed by atoms with E-state index in [1.807, 2.05) is 30.3 Å². The molecule has 2 aromatic carbocycles. The van der Waals surface area contributed by atoms with E-state index in [0.29, 0.717) is 25.3 Å². The number of ether oxygens (including phenoxy) is 1. The minimum Gasteiger partial charge on any atom is -0.381 e. The third kappa shape index (κ3) is 5.51. The van der Waals surface area contributed by atoms with Crippen LogP contribution in [0.3, 0.4) is 0 Å². The molecule has 9 nitrogen and oxygen atoms in total. The first-order chi connectivity index (χ1) is 15.5. The van der Waals surface area contributed by atoms with E-state index in [1.54, 1.807) is 6.92 Å². The predicted octanol–water partition coefficient (Wildman–Crippen LogP) is 2.92. The number of amides is 1. The third-order valence-corrected chi connectivity index (χ3v) is 7.39. The van der Waals surface area contributed by atoms with E-state index in [0.717, 1.165) is 29.0 Å². The lowest BCUT2D eigenvalue weighted by Crippen LogP contribution is -2.52. The van der Waals surface area contributed by atoms with E-state index < -0.39 is 26.9 Å². The van der Waals surface area contributed by atoms with Gasteiger partial charge >= 0.3 is 0 Å². The van der Waals surface area contributed by atoms with Gasteiger partial charge in [0.1, 0.15) is 6.04 Å². The Morgan fingerprint density at radius 1 is 1.21 bits per heavy atom. The lowest BCUT2D eigenvalue weighted by atomic mass is 9.74. The standard InChI is InChI=1S/C23H29N3O6S/c1-17-9-10-20(26(28)29)15-21(17)25(33(3,30)31)18(2)22(27)24-16-23(11-13-32-14-12-23)19-7-5-4-6-8-19/h4-10,15,18H,11-14,16H2,1-3H3,(H,24,27)/t18-/m1/s1. The Hall–Kier alpha value is -2.98. The van der Waals surface area contributed by atoms with Gasteiger partial charge in [-0.2, -0.15) is 0 Å². The van der Waals surface area contributed by atoms with Crippen molar-refractivity contribution in [3.8, 4) is 0 Å². The molecule has 0 bridgehead atoms. The molecule has 33 heavy (non-hydrogen) atoms. The molecule has 0 spiro atoms. The highest BCUT2D eigenvalue weighted by Crippen LogP contribution is 2.34. The summed E-state index contributed by atoms with van der Waals surface area (Å²) >= 11 is 0. The molecule has 1 fully saturated rings. The summed E-state index contributed by atoms with van der Waals surface area (Å²) in [6.45, 7) is 4.60. The number of nitrogens with zero attached hydrogens (tertiary/aromatic N) is 2. The van der Waals surface area contributed by atoms with Crippen LogP contribution in [-0.4, -0.2) is 51.3 Å². The minimum absolute atomic E-state index is 0.109. The molecule has 1 N–H and O–H groups in total. The van der Waals surface area contributed by atoms with E-state index in [4.69, 9.17) is 4.74 Å². The number of hydrogen-bond donors (Lipinski definition) is 1. The maximum atomic E-state index is 13.2. The van der Waals surface area contributed by atoms with Gasteiger partial charge in [0, 0.05) is 37.3 Å². The Kier molecular flexibility index (Phi) is 7.38. The number of hydrogen-bond acceptors (Lipinski definition) is 6. The Morgan fingerprint density at radius 3 is 2.42 bits per heavy atom. The molecule has 0 saturated carbocycles. The van der Waals surface area contributed by atoms with Gasteiger partial charge in [0.25, 0.3) is 5.69 Å². The molecule has 1 aliphatic rings. The van der Waals surface area contributed by atoms with Crippen molar-refractivity contribution in [2.45, 2.75) is 38.1 Å². The number of nitro groups is 1. The zero-order valence-electron chi connectivity index (χ0n) is 19.0. The number of nitrogens with one attached hydrogen (secondary N) is 1. The lowest BCUT2D eigenvalue weighted by Gasteiger charge is -2.38. The van der Waals surface area contributed by atoms with Gasteiger partial charge in [-0.25, -0.2) is 8.42 Å². The number of benzene rings is 2. The number of aryl methyl sites for hydroxylation is 1. The highest BCUT2D eigenvalue weighted by atomic mass is 32.2. The van der Waals surface area contributed by atoms with Gasteiger partial charge in [0.15, 0.2) is 0 Å². The Morgan fingerprint density at radius 2 is 1.85 bits per heavy atom. The fourth-order valence-corrected chi connectivity index (χ4v) is 5.48. The molecule has 1 saturated heterocycles. The smallest absolute Gasteiger partial charge is 0.271 e. The van der Waals surface area contributed by atoms with Gasteiger partial charge in [-0.05, 0) is 37.8 Å². The topological polar surface area (TPSA) is 119 Å². The predicted molar refractivity (Wildman–Crippen MR) is 126 cm³/mol. The largest absolute Gasteiger partial charge is 0.381 e. The van der Waals surface area contributed by atoms with Crippen LogP contribution in [0.15, 0.2) is 48.5 Å². The van der Waals surface area contributed by atoms with Crippen LogP contribution in [-0.2, 0) is 25.0 Å². The maximum absolute atomic E-state index is 13.2. The first-order valence-electron chi connectivity index (χ1n) is 10.7. The van der Waals surface area contributed by atoms with Crippen molar-refractivity contribution >= 4 is 27.3 Å². The molecule has 0 radical (unpaired) electrons. The fourth-order valence-electron chi connectivity index (χ4n) is 4.26. The quantitative estimate of drug-likeness (QED) is 0.463. The molecule has 0 aromatic heterocycles. The molecule has 1 amide bonds. The van der Waals surface area contributed by atoms with Gasteiger partial charge in [-0.1, -0.05) is 36.4 Å². The maximum Gasteiger partial charge on any atom is 0.271 e. The van der Waals surface area contributed by atoms with Crippen molar-refractivity contribution in [3.63, 3.8) is 0 Å². The second-order valence-corrected chi connectivity index (χ2v) is 10.3. The van der Waals surface area contributed by atoms with E-state index in [-0.39, 0.29) is 16.8 Å². The van der Waals surface area contributed by atoms with Gasteiger partial charge < -0.3 is 10.1 Å². The lowest BCUT2D eigenvalue weighted by molar-refractivity contribution is -0.384. The fraction of sp³-hybridized carbons (Fsp3) is 0.435. The second kappa shape index (κ2) is 9.88. The Bertz CT molecular complexity index is 1110. The monoisotopic (exact) mass is 475 g/mol. The van der Waals surface area contributed by atoms with Gasteiger partial charge in [0.05, 0.1) is 16.9 Å². The zero-order valence-corrected chi connectivity index (χ0v) is 19.8. The van der Waals surface area contributed by atoms with Crippen molar-refractivity contribution in [1.29, 1.82) is 0 Å². The summed E-state index contributed by atoms with van der Waals surface area (Å²) in [5.74, 6) is -0.479. The summed E-state index contributed by atoms with van der Waals surface area (Å²) in [7, 11) is -3.91. The first-order valence-corrected chi connectivity index (χ1v) is 12.6. The molecular formula is C23H29N3O6S. The molecule has 1 heterocycles. The van der Waals surface area contributed by atoms with Crippen LogP contribution in [0.2, 0.25) is 0 Å². The van der Waals surface area contributed by atoms with Crippen LogP contribution >= 0.6 is 0 Å². The third-order valence-electron chi connectivity index (χ3n) is 6.17. The second-order valence-electron chi connectivity index (χ2n) is 8.44. The number of nitro benzene ring substituents is 1. The number of carbonyl (C=O) groups excluding carboxylic acids is 1. The summed E-state index contributed by atoms with van der Waals surface area (Å²) in [6, 6.07) is 12.7. The molecule has 0 aliphatic carbocycles. The molecule has 1 atom stereocenters. The zero-order chi connectivity index (χ0) is 24.2. The summed E-state index contributed by atoms with van der Waals surface area (Å²) in [4.78, 5) is 23.8. The van der Waals surface area contributed by atoms with Gasteiger partial charge in [-0.3, -0.25) is 19.2 Å². The number of non-ortho nitro benzene ring substituents is 1. The van der Waals surface area contributed by atoms with E-state index in [9.17, 15) is 23.3 Å². The highest BCUT2D eigenvalue weighted by molar-refractivity contribution is 7.92. The SMILES string of the molecule is Cc1ccc([N+](=O)[O-])cc1N([C@H](C)C(=O)NCC1(c2ccccc2)CCOCC1)S(C)(=O)=O. The number of carbonyl (C=O) groups is 1. The van der Waals surface area contributed by atoms with E-state index in [1.165, 1.54) is 25.1 Å². The van der Waals surface area contributed by atoms with Gasteiger partial charge in [0.2, 0.25) is 15.9 Å². The summed E-state index contributed by atoms with van der Waals surface area (Å²) in [5.41, 5.74) is 1.15. The molecule has 10 heteroatoms. The normalized spacial score (nSPS) is 16.6. The van der Waals surface area contributed by atoms with Crippen LogP contribution in [0, 0.1) is 17.0 Å². The summed E-state index contributed by atoms with van der Waals surface area (Å²) in [5, 5.41) is 14.2.